The van der Waals surface area contributed by atoms with Crippen LogP contribution in [0, 0.1) is 20.2 Å². The Labute approximate surface area is 175 Å². The number of ether oxygens (including phenoxy) is 1. The fraction of sp³-hybridized carbons (Fsp3) is 0.211. The van der Waals surface area contributed by atoms with Gasteiger partial charge < -0.3 is 9.72 Å². The van der Waals surface area contributed by atoms with Crippen molar-refractivity contribution >= 4 is 40.2 Å². The van der Waals surface area contributed by atoms with Gasteiger partial charge in [0.2, 0.25) is 0 Å². The molecule has 0 radical (unpaired) electrons. The van der Waals surface area contributed by atoms with Gasteiger partial charge in [-0.3, -0.25) is 25.0 Å². The van der Waals surface area contributed by atoms with E-state index in [1.165, 1.54) is 12.1 Å². The van der Waals surface area contributed by atoms with Crippen LogP contribution < -0.4 is 4.72 Å². The predicted molar refractivity (Wildman–Crippen MR) is 111 cm³/mol. The van der Waals surface area contributed by atoms with Crippen molar-refractivity contribution in [3.8, 4) is 0 Å². The first-order valence-corrected chi connectivity index (χ1v) is 9.79. The Morgan fingerprint density at radius 2 is 1.97 bits per heavy atom. The molecule has 0 amide bonds. The van der Waals surface area contributed by atoms with Crippen LogP contribution in [0.4, 0.5) is 11.4 Å². The highest BCUT2D eigenvalue weighted by Gasteiger charge is 2.25. The van der Waals surface area contributed by atoms with Gasteiger partial charge in [-0.05, 0) is 36.6 Å². The average molecular weight is 430 g/mol. The van der Waals surface area contributed by atoms with Crippen molar-refractivity contribution in [2.75, 3.05) is 6.61 Å². The number of non-ortho nitro benzene ring substituents is 1. The number of nitrogens with one attached hydrogen (secondary N) is 2. The minimum absolute atomic E-state index is 0.152. The topological polar surface area (TPSA) is 140 Å². The minimum atomic E-state index is -0.788. The molecule has 0 spiro atoms. The molecule has 11 heteroatoms. The Morgan fingerprint density at radius 3 is 2.67 bits per heavy atom. The second kappa shape index (κ2) is 9.37. The standard InChI is InChI=1S/C19H18N4O6S/c1-2-29-19(24)16(9-12-11-20-15-6-4-3-5-14(12)15)21-30-18-8-7-13(22(25)26)10-17(18)23(27)28/h3-8,10-11,16,20-21H,2,9H2,1H3/t16-/m0/s1. The summed E-state index contributed by atoms with van der Waals surface area (Å²) >= 11 is 0.860. The summed E-state index contributed by atoms with van der Waals surface area (Å²) < 4.78 is 8.05. The van der Waals surface area contributed by atoms with Crippen LogP contribution in [0.1, 0.15) is 12.5 Å². The zero-order valence-corrected chi connectivity index (χ0v) is 16.7. The number of nitro benzene ring substituents is 2. The van der Waals surface area contributed by atoms with E-state index in [0.29, 0.717) is 0 Å². The van der Waals surface area contributed by atoms with Gasteiger partial charge in [0, 0.05) is 29.6 Å². The zero-order chi connectivity index (χ0) is 21.7. The molecule has 0 saturated heterocycles. The van der Waals surface area contributed by atoms with Gasteiger partial charge in [0.15, 0.2) is 0 Å². The molecule has 156 valence electrons. The molecular formula is C19H18N4O6S. The SMILES string of the molecule is CCOC(=O)[C@H](Cc1c[nH]c2ccccc12)NSc1ccc([N+](=O)[O-])cc1[N+](=O)[O-]. The normalized spacial score (nSPS) is 11.9. The Balaban J connectivity index is 1.83. The second-order valence-corrected chi connectivity index (χ2v) is 7.13. The first-order valence-electron chi connectivity index (χ1n) is 8.97. The number of benzene rings is 2. The third kappa shape index (κ3) is 4.75. The molecule has 1 atom stereocenters. The number of carbonyl (C=O) groups is 1. The average Bonchev–Trinajstić information content (AvgIpc) is 3.13. The number of H-pyrrole nitrogens is 1. The number of nitro groups is 2. The summed E-state index contributed by atoms with van der Waals surface area (Å²) in [5.74, 6) is -0.500. The van der Waals surface area contributed by atoms with E-state index in [2.05, 4.69) is 9.71 Å². The Kier molecular flexibility index (Phi) is 6.65. The van der Waals surface area contributed by atoms with Gasteiger partial charge >= 0.3 is 5.97 Å². The van der Waals surface area contributed by atoms with Crippen molar-refractivity contribution < 1.29 is 19.4 Å². The van der Waals surface area contributed by atoms with E-state index in [9.17, 15) is 25.0 Å². The number of hydrogen-bond acceptors (Lipinski definition) is 8. The fourth-order valence-electron chi connectivity index (χ4n) is 2.92. The van der Waals surface area contributed by atoms with Crippen LogP contribution in [0.25, 0.3) is 10.9 Å². The molecular weight excluding hydrogens is 412 g/mol. The van der Waals surface area contributed by atoms with Gasteiger partial charge in [0.25, 0.3) is 11.4 Å². The number of aromatic nitrogens is 1. The number of hydrogen-bond donors (Lipinski definition) is 2. The molecule has 3 rings (SSSR count). The monoisotopic (exact) mass is 430 g/mol. The molecule has 0 aliphatic carbocycles. The van der Waals surface area contributed by atoms with E-state index in [1.54, 1.807) is 13.1 Å². The first kappa shape index (κ1) is 21.3. The Bertz CT molecular complexity index is 1100. The lowest BCUT2D eigenvalue weighted by atomic mass is 10.1. The molecule has 0 fully saturated rings. The summed E-state index contributed by atoms with van der Waals surface area (Å²) in [5, 5.41) is 23.2. The summed E-state index contributed by atoms with van der Waals surface area (Å²) in [6.45, 7) is 1.88. The third-order valence-corrected chi connectivity index (χ3v) is 5.30. The maximum atomic E-state index is 12.5. The van der Waals surface area contributed by atoms with E-state index in [-0.39, 0.29) is 23.6 Å². The summed E-state index contributed by atoms with van der Waals surface area (Å²) in [6, 6.07) is 10.2. The van der Waals surface area contributed by atoms with Crippen molar-refractivity contribution in [3.05, 3.63) is 74.5 Å². The van der Waals surface area contributed by atoms with E-state index < -0.39 is 27.5 Å². The first-order chi connectivity index (χ1) is 14.4. The molecule has 2 N–H and O–H groups in total. The molecule has 30 heavy (non-hydrogen) atoms. The summed E-state index contributed by atoms with van der Waals surface area (Å²) in [4.78, 5) is 36.6. The molecule has 0 aliphatic heterocycles. The van der Waals surface area contributed by atoms with Crippen LogP contribution in [-0.4, -0.2) is 33.4 Å². The van der Waals surface area contributed by atoms with Crippen molar-refractivity contribution in [1.29, 1.82) is 0 Å². The third-order valence-electron chi connectivity index (χ3n) is 4.33. The van der Waals surface area contributed by atoms with Crippen LogP contribution in [0.5, 0.6) is 0 Å². The number of nitrogens with zero attached hydrogens (tertiary/aromatic N) is 2. The molecule has 3 aromatic rings. The zero-order valence-electron chi connectivity index (χ0n) is 15.9. The van der Waals surface area contributed by atoms with E-state index in [4.69, 9.17) is 4.74 Å². The highest BCUT2D eigenvalue weighted by atomic mass is 32.2. The highest BCUT2D eigenvalue weighted by Crippen LogP contribution is 2.31. The van der Waals surface area contributed by atoms with Crippen molar-refractivity contribution in [2.45, 2.75) is 24.3 Å². The predicted octanol–water partition coefficient (Wildman–Crippen LogP) is 3.76. The van der Waals surface area contributed by atoms with E-state index in [1.807, 2.05) is 24.3 Å². The van der Waals surface area contributed by atoms with Crippen LogP contribution in [-0.2, 0) is 16.0 Å². The lowest BCUT2D eigenvalue weighted by molar-refractivity contribution is -0.396. The Hall–Kier alpha value is -3.44. The minimum Gasteiger partial charge on any atom is -0.465 e. The summed E-state index contributed by atoms with van der Waals surface area (Å²) in [5.41, 5.74) is 1.01. The van der Waals surface area contributed by atoms with Gasteiger partial charge in [-0.2, -0.15) is 0 Å². The van der Waals surface area contributed by atoms with Gasteiger partial charge in [0.1, 0.15) is 10.9 Å². The van der Waals surface area contributed by atoms with Crippen molar-refractivity contribution in [2.24, 2.45) is 0 Å². The largest absolute Gasteiger partial charge is 0.465 e. The molecule has 1 heterocycles. The molecule has 0 aliphatic rings. The maximum absolute atomic E-state index is 12.5. The van der Waals surface area contributed by atoms with Crippen LogP contribution in [0.3, 0.4) is 0 Å². The summed E-state index contributed by atoms with van der Waals surface area (Å²) in [7, 11) is 0. The van der Waals surface area contributed by atoms with E-state index in [0.717, 1.165) is 34.5 Å². The smallest absolute Gasteiger partial charge is 0.324 e. The van der Waals surface area contributed by atoms with E-state index >= 15 is 0 Å². The number of aromatic amines is 1. The second-order valence-electron chi connectivity index (χ2n) is 6.25. The number of para-hydroxylation sites is 1. The molecule has 0 bridgehead atoms. The highest BCUT2D eigenvalue weighted by molar-refractivity contribution is 7.97. The van der Waals surface area contributed by atoms with Crippen LogP contribution >= 0.6 is 11.9 Å². The molecule has 0 saturated carbocycles. The van der Waals surface area contributed by atoms with Gasteiger partial charge in [-0.15, -0.1) is 0 Å². The summed E-state index contributed by atoms with van der Waals surface area (Å²) in [6.07, 6.45) is 2.09. The number of fused-ring (bicyclic) bond motifs is 1. The number of rotatable bonds is 9. The van der Waals surface area contributed by atoms with Crippen molar-refractivity contribution in [3.63, 3.8) is 0 Å². The fourth-order valence-corrected chi connectivity index (χ4v) is 3.74. The van der Waals surface area contributed by atoms with Crippen LogP contribution in [0.15, 0.2) is 53.6 Å². The lowest BCUT2D eigenvalue weighted by Gasteiger charge is -2.16. The van der Waals surface area contributed by atoms with Gasteiger partial charge in [0.05, 0.1) is 22.5 Å². The maximum Gasteiger partial charge on any atom is 0.324 e. The lowest BCUT2D eigenvalue weighted by Crippen LogP contribution is -2.36. The number of carbonyl (C=O) groups excluding carboxylic acids is 1. The molecule has 0 unspecified atom stereocenters. The Morgan fingerprint density at radius 1 is 1.20 bits per heavy atom. The van der Waals surface area contributed by atoms with Crippen molar-refractivity contribution in [1.82, 2.24) is 9.71 Å². The van der Waals surface area contributed by atoms with Crippen LogP contribution in [0.2, 0.25) is 0 Å². The molecule has 10 nitrogen and oxygen atoms in total. The number of esters is 1. The van der Waals surface area contributed by atoms with Gasteiger partial charge in [-0.1, -0.05) is 18.2 Å². The van der Waals surface area contributed by atoms with Gasteiger partial charge in [-0.25, -0.2) is 4.72 Å². The quantitative estimate of drug-likeness (QED) is 0.226. The molecule has 2 aromatic carbocycles. The molecule has 1 aromatic heterocycles.